The van der Waals surface area contributed by atoms with Crippen molar-refractivity contribution in [2.45, 2.75) is 13.3 Å². The highest BCUT2D eigenvalue weighted by molar-refractivity contribution is 7.88. The molecule has 0 saturated heterocycles. The molecule has 1 aliphatic heterocycles. The average molecular weight is 291 g/mol. The van der Waals surface area contributed by atoms with E-state index in [1.54, 1.807) is 18.3 Å². The van der Waals surface area contributed by atoms with Crippen LogP contribution in [0.4, 0.5) is 0 Å². The Bertz CT molecular complexity index is 684. The van der Waals surface area contributed by atoms with Crippen molar-refractivity contribution >= 4 is 21.4 Å². The second-order valence-electron chi connectivity index (χ2n) is 5.02. The maximum Gasteiger partial charge on any atom is 0.232 e. The second kappa shape index (κ2) is 5.25. The lowest BCUT2D eigenvalue weighted by atomic mass is 9.96. The van der Waals surface area contributed by atoms with Crippen molar-refractivity contribution in [1.29, 1.82) is 0 Å². The van der Waals surface area contributed by atoms with Crippen LogP contribution in [-0.2, 0) is 10.0 Å². The predicted octanol–water partition coefficient (Wildman–Crippen LogP) is 2.45. The standard InChI is InChI=1S/C15H17NO3S/c1-11-8-15(10-16(9-11)20(3,18)19)14-6-4-13(5-7-14)12(2)17/h4-7,10H,1,8-9H2,2-3H3. The van der Waals surface area contributed by atoms with Gasteiger partial charge in [-0.25, -0.2) is 8.42 Å². The highest BCUT2D eigenvalue weighted by Gasteiger charge is 2.20. The number of benzene rings is 1. The SMILES string of the molecule is C=C1CC(c2ccc(C(C)=O)cc2)=CN(S(C)(=O)=O)C1. The summed E-state index contributed by atoms with van der Waals surface area (Å²) in [5.41, 5.74) is 3.29. The van der Waals surface area contributed by atoms with Gasteiger partial charge in [-0.3, -0.25) is 9.10 Å². The number of hydrogen-bond acceptors (Lipinski definition) is 3. The lowest BCUT2D eigenvalue weighted by molar-refractivity contribution is 0.101. The molecule has 0 spiro atoms. The molecule has 106 valence electrons. The number of hydrogen-bond donors (Lipinski definition) is 0. The number of carbonyl (C=O) groups excluding carboxylic acids is 1. The van der Waals surface area contributed by atoms with Crippen LogP contribution in [0.25, 0.3) is 5.57 Å². The van der Waals surface area contributed by atoms with Crippen molar-refractivity contribution in [2.75, 3.05) is 12.8 Å². The van der Waals surface area contributed by atoms with Crippen molar-refractivity contribution in [3.63, 3.8) is 0 Å². The third-order valence-electron chi connectivity index (χ3n) is 3.21. The molecule has 1 aromatic rings. The van der Waals surface area contributed by atoms with Gasteiger partial charge in [0.2, 0.25) is 10.0 Å². The van der Waals surface area contributed by atoms with Crippen LogP contribution in [-0.4, -0.2) is 31.3 Å². The van der Waals surface area contributed by atoms with Gasteiger partial charge in [0, 0.05) is 11.8 Å². The number of allylic oxidation sites excluding steroid dienone is 1. The molecule has 0 amide bonds. The summed E-state index contributed by atoms with van der Waals surface area (Å²) >= 11 is 0. The molecule has 0 aliphatic carbocycles. The Balaban J connectivity index is 2.38. The van der Waals surface area contributed by atoms with Crippen LogP contribution in [0.15, 0.2) is 42.6 Å². The number of rotatable bonds is 3. The molecule has 0 fully saturated rings. The number of carbonyl (C=O) groups is 1. The van der Waals surface area contributed by atoms with Crippen molar-refractivity contribution in [3.8, 4) is 0 Å². The van der Waals surface area contributed by atoms with Gasteiger partial charge in [-0.2, -0.15) is 0 Å². The minimum Gasteiger partial charge on any atom is -0.295 e. The Morgan fingerprint density at radius 2 is 1.85 bits per heavy atom. The van der Waals surface area contributed by atoms with E-state index < -0.39 is 10.0 Å². The van der Waals surface area contributed by atoms with E-state index in [1.165, 1.54) is 17.5 Å². The first-order valence-electron chi connectivity index (χ1n) is 6.23. The minimum absolute atomic E-state index is 0.0105. The van der Waals surface area contributed by atoms with Gasteiger partial charge in [-0.15, -0.1) is 0 Å². The molecule has 0 unspecified atom stereocenters. The van der Waals surface area contributed by atoms with Gasteiger partial charge in [0.25, 0.3) is 0 Å². The number of ketones is 1. The molecule has 0 bridgehead atoms. The van der Waals surface area contributed by atoms with Crippen LogP contribution in [0.1, 0.15) is 29.3 Å². The second-order valence-corrected chi connectivity index (χ2v) is 6.96. The van der Waals surface area contributed by atoms with Crippen molar-refractivity contribution in [3.05, 3.63) is 53.7 Å². The van der Waals surface area contributed by atoms with Crippen molar-refractivity contribution in [1.82, 2.24) is 4.31 Å². The maximum atomic E-state index is 11.6. The maximum absolute atomic E-state index is 11.6. The fraction of sp³-hybridized carbons (Fsp3) is 0.267. The molecule has 0 aromatic heterocycles. The molecule has 5 heteroatoms. The highest BCUT2D eigenvalue weighted by Crippen LogP contribution is 2.28. The van der Waals surface area contributed by atoms with Crippen LogP contribution in [0, 0.1) is 0 Å². The Morgan fingerprint density at radius 3 is 2.35 bits per heavy atom. The zero-order valence-electron chi connectivity index (χ0n) is 11.6. The summed E-state index contributed by atoms with van der Waals surface area (Å²) < 4.78 is 24.6. The van der Waals surface area contributed by atoms with Gasteiger partial charge in [0.15, 0.2) is 5.78 Å². The molecule has 20 heavy (non-hydrogen) atoms. The Morgan fingerprint density at radius 1 is 1.25 bits per heavy atom. The van der Waals surface area contributed by atoms with Gasteiger partial charge in [0.05, 0.1) is 12.8 Å². The van der Waals surface area contributed by atoms with Crippen molar-refractivity contribution < 1.29 is 13.2 Å². The topological polar surface area (TPSA) is 54.5 Å². The monoisotopic (exact) mass is 291 g/mol. The normalized spacial score (nSPS) is 16.0. The van der Waals surface area contributed by atoms with E-state index >= 15 is 0 Å². The van der Waals surface area contributed by atoms with Crippen LogP contribution < -0.4 is 0 Å². The Hall–Kier alpha value is -1.88. The summed E-state index contributed by atoms with van der Waals surface area (Å²) in [5, 5.41) is 0. The van der Waals surface area contributed by atoms with Crippen LogP contribution in [0.2, 0.25) is 0 Å². The Labute approximate surface area is 119 Å². The zero-order chi connectivity index (χ0) is 14.9. The van der Waals surface area contributed by atoms with E-state index in [0.29, 0.717) is 18.5 Å². The lowest BCUT2D eigenvalue weighted by Gasteiger charge is -2.26. The molecule has 1 aromatic carbocycles. The van der Waals surface area contributed by atoms with Gasteiger partial charge >= 0.3 is 0 Å². The molecule has 0 radical (unpaired) electrons. The fourth-order valence-electron chi connectivity index (χ4n) is 2.12. The van der Waals surface area contributed by atoms with Gasteiger partial charge in [-0.05, 0) is 24.5 Å². The molecule has 0 saturated carbocycles. The average Bonchev–Trinajstić information content (AvgIpc) is 2.37. The molecule has 0 N–H and O–H groups in total. The summed E-state index contributed by atoms with van der Waals surface area (Å²) in [6.45, 7) is 5.74. The molecular formula is C15H17NO3S. The largest absolute Gasteiger partial charge is 0.295 e. The Kier molecular flexibility index (Phi) is 3.81. The molecular weight excluding hydrogens is 274 g/mol. The quantitative estimate of drug-likeness (QED) is 0.635. The van der Waals surface area contributed by atoms with E-state index in [9.17, 15) is 13.2 Å². The van der Waals surface area contributed by atoms with Gasteiger partial charge < -0.3 is 0 Å². The fourth-order valence-corrected chi connectivity index (χ4v) is 2.86. The summed E-state index contributed by atoms with van der Waals surface area (Å²) in [6, 6.07) is 7.17. The lowest BCUT2D eigenvalue weighted by Crippen LogP contribution is -2.29. The molecule has 0 atom stereocenters. The molecule has 2 rings (SSSR count). The molecule has 1 heterocycles. The summed E-state index contributed by atoms with van der Waals surface area (Å²) in [6.07, 6.45) is 3.47. The van der Waals surface area contributed by atoms with E-state index in [0.717, 1.165) is 16.7 Å². The van der Waals surface area contributed by atoms with E-state index in [1.807, 2.05) is 12.1 Å². The summed E-state index contributed by atoms with van der Waals surface area (Å²) in [7, 11) is -3.28. The molecule has 4 nitrogen and oxygen atoms in total. The highest BCUT2D eigenvalue weighted by atomic mass is 32.2. The van der Waals surface area contributed by atoms with Gasteiger partial charge in [-0.1, -0.05) is 36.4 Å². The summed E-state index contributed by atoms with van der Waals surface area (Å²) in [4.78, 5) is 11.3. The minimum atomic E-state index is -3.28. The van der Waals surface area contributed by atoms with Crippen LogP contribution in [0.3, 0.4) is 0 Å². The smallest absolute Gasteiger partial charge is 0.232 e. The van der Waals surface area contributed by atoms with E-state index in [2.05, 4.69) is 6.58 Å². The third-order valence-corrected chi connectivity index (χ3v) is 4.29. The van der Waals surface area contributed by atoms with Crippen molar-refractivity contribution in [2.24, 2.45) is 0 Å². The first kappa shape index (κ1) is 14.5. The number of Topliss-reactive ketones (excluding diaryl/α,β-unsaturated/α-hetero) is 1. The van der Waals surface area contributed by atoms with Crippen LogP contribution >= 0.6 is 0 Å². The van der Waals surface area contributed by atoms with Gasteiger partial charge in [0.1, 0.15) is 0 Å². The van der Waals surface area contributed by atoms with Crippen LogP contribution in [0.5, 0.6) is 0 Å². The first-order valence-corrected chi connectivity index (χ1v) is 8.08. The molecule has 1 aliphatic rings. The zero-order valence-corrected chi connectivity index (χ0v) is 12.4. The van der Waals surface area contributed by atoms with E-state index in [4.69, 9.17) is 0 Å². The predicted molar refractivity (Wildman–Crippen MR) is 79.7 cm³/mol. The third kappa shape index (κ3) is 3.17. The number of sulfonamides is 1. The number of nitrogens with zero attached hydrogens (tertiary/aromatic N) is 1. The van der Waals surface area contributed by atoms with E-state index in [-0.39, 0.29) is 5.78 Å². The first-order chi connectivity index (χ1) is 9.27. The summed E-state index contributed by atoms with van der Waals surface area (Å²) in [5.74, 6) is 0.0105.